The Labute approximate surface area is 226 Å². The minimum atomic E-state index is -0.911. The minimum Gasteiger partial charge on any atom is -0.494 e. The molecule has 1 unspecified atom stereocenters. The van der Waals surface area contributed by atoms with Crippen LogP contribution in [0.25, 0.3) is 11.1 Å². The average molecular weight is 515 g/mol. The van der Waals surface area contributed by atoms with Gasteiger partial charge in [0.15, 0.2) is 6.10 Å². The van der Waals surface area contributed by atoms with Crippen LogP contribution in [0.2, 0.25) is 0 Å². The first-order valence-electron chi connectivity index (χ1n) is 13.4. The number of ketones is 1. The van der Waals surface area contributed by atoms with Crippen LogP contribution in [0, 0.1) is 0 Å². The molecule has 0 saturated heterocycles. The first kappa shape index (κ1) is 28.7. The monoisotopic (exact) mass is 514 g/mol. The molecule has 0 amide bonds. The molecular formula is C33H38O5. The van der Waals surface area contributed by atoms with E-state index < -0.39 is 12.1 Å². The van der Waals surface area contributed by atoms with Crippen molar-refractivity contribution in [3.8, 4) is 22.6 Å². The number of benzene rings is 3. The quantitative estimate of drug-likeness (QED) is 0.0837. The first-order chi connectivity index (χ1) is 18.5. The van der Waals surface area contributed by atoms with Crippen LogP contribution in [-0.4, -0.2) is 31.1 Å². The van der Waals surface area contributed by atoms with Crippen LogP contribution in [0.1, 0.15) is 73.1 Å². The Morgan fingerprint density at radius 2 is 1.26 bits per heavy atom. The molecule has 3 rings (SSSR count). The Morgan fingerprint density at radius 1 is 0.737 bits per heavy atom. The fraction of sp³-hybridized carbons (Fsp3) is 0.333. The van der Waals surface area contributed by atoms with E-state index in [1.165, 1.54) is 32.1 Å². The molecule has 0 bridgehead atoms. The Bertz CT molecular complexity index is 1150. The summed E-state index contributed by atoms with van der Waals surface area (Å²) < 4.78 is 16.7. The molecule has 1 atom stereocenters. The predicted molar refractivity (Wildman–Crippen MR) is 152 cm³/mol. The van der Waals surface area contributed by atoms with Gasteiger partial charge in [-0.1, -0.05) is 75.9 Å². The van der Waals surface area contributed by atoms with E-state index in [1.54, 1.807) is 49.4 Å². The number of carbonyl (C=O) groups is 2. The van der Waals surface area contributed by atoms with Gasteiger partial charge in [-0.25, -0.2) is 4.79 Å². The maximum absolute atomic E-state index is 12.7. The van der Waals surface area contributed by atoms with Gasteiger partial charge in [-0.2, -0.15) is 0 Å². The summed E-state index contributed by atoms with van der Waals surface area (Å²) in [5.74, 6) is 0.687. The molecule has 0 aliphatic carbocycles. The molecule has 38 heavy (non-hydrogen) atoms. The molecule has 3 aromatic carbocycles. The number of esters is 1. The van der Waals surface area contributed by atoms with Crippen LogP contribution in [0.5, 0.6) is 11.5 Å². The highest BCUT2D eigenvalue weighted by Crippen LogP contribution is 2.24. The SMILES string of the molecule is C=CCOc1ccc(C(=O)C(C)OC(=O)c2ccc(-c3ccc(OCCCCCCCC)cc3)cc2)cc1. The molecule has 5 heteroatoms. The van der Waals surface area contributed by atoms with Crippen LogP contribution in [0.3, 0.4) is 0 Å². The Kier molecular flexibility index (Phi) is 11.6. The number of unbranched alkanes of at least 4 members (excludes halogenated alkanes) is 5. The minimum absolute atomic E-state index is 0.274. The van der Waals surface area contributed by atoms with Gasteiger partial charge >= 0.3 is 5.97 Å². The summed E-state index contributed by atoms with van der Waals surface area (Å²) in [5, 5.41) is 0. The van der Waals surface area contributed by atoms with Gasteiger partial charge in [0, 0.05) is 5.56 Å². The number of hydrogen-bond donors (Lipinski definition) is 0. The summed E-state index contributed by atoms with van der Waals surface area (Å²) in [6, 6.07) is 21.9. The molecule has 0 heterocycles. The van der Waals surface area contributed by atoms with E-state index >= 15 is 0 Å². The standard InChI is InChI=1S/C33H38O5/c1-4-6-7-8-9-10-24-37-31-19-15-27(16-20-31)26-11-13-29(14-12-26)33(35)38-25(3)32(34)28-17-21-30(22-18-28)36-23-5-2/h5,11-22,25H,2,4,6-10,23-24H2,1,3H3. The first-order valence-corrected chi connectivity index (χ1v) is 13.4. The average Bonchev–Trinajstić information content (AvgIpc) is 2.96. The van der Waals surface area contributed by atoms with Crippen molar-refractivity contribution in [1.29, 1.82) is 0 Å². The third-order valence-electron chi connectivity index (χ3n) is 6.23. The summed E-state index contributed by atoms with van der Waals surface area (Å²) in [4.78, 5) is 25.3. The van der Waals surface area contributed by atoms with E-state index in [0.29, 0.717) is 23.5 Å². The molecule has 0 radical (unpaired) electrons. The number of Topliss-reactive ketones (excluding diaryl/α,β-unsaturated/α-hetero) is 1. The highest BCUT2D eigenvalue weighted by atomic mass is 16.5. The third-order valence-corrected chi connectivity index (χ3v) is 6.23. The largest absolute Gasteiger partial charge is 0.494 e. The fourth-order valence-corrected chi connectivity index (χ4v) is 4.00. The van der Waals surface area contributed by atoms with Crippen molar-refractivity contribution in [1.82, 2.24) is 0 Å². The highest BCUT2D eigenvalue weighted by Gasteiger charge is 2.20. The van der Waals surface area contributed by atoms with Gasteiger partial charge in [0.2, 0.25) is 5.78 Å². The van der Waals surface area contributed by atoms with E-state index in [2.05, 4.69) is 13.5 Å². The number of rotatable bonds is 16. The van der Waals surface area contributed by atoms with Gasteiger partial charge in [0.05, 0.1) is 12.2 Å². The molecule has 0 aromatic heterocycles. The van der Waals surface area contributed by atoms with Crippen molar-refractivity contribution in [2.75, 3.05) is 13.2 Å². The van der Waals surface area contributed by atoms with Crippen LogP contribution in [0.15, 0.2) is 85.5 Å². The lowest BCUT2D eigenvalue weighted by atomic mass is 10.0. The van der Waals surface area contributed by atoms with E-state index in [0.717, 1.165) is 29.9 Å². The van der Waals surface area contributed by atoms with Crippen LogP contribution in [0.4, 0.5) is 0 Å². The topological polar surface area (TPSA) is 61.8 Å². The van der Waals surface area contributed by atoms with Crippen molar-refractivity contribution in [3.05, 3.63) is 96.6 Å². The molecule has 0 spiro atoms. The molecule has 200 valence electrons. The second kappa shape index (κ2) is 15.4. The Hall–Kier alpha value is -3.86. The molecule has 0 aliphatic rings. The molecule has 0 fully saturated rings. The lowest BCUT2D eigenvalue weighted by Crippen LogP contribution is -2.24. The Balaban J connectivity index is 1.48. The van der Waals surface area contributed by atoms with Crippen molar-refractivity contribution < 1.29 is 23.8 Å². The summed E-state index contributed by atoms with van der Waals surface area (Å²) in [5.41, 5.74) is 2.85. The maximum Gasteiger partial charge on any atom is 0.338 e. The normalized spacial score (nSPS) is 11.4. The van der Waals surface area contributed by atoms with Gasteiger partial charge in [-0.05, 0) is 73.0 Å². The van der Waals surface area contributed by atoms with E-state index in [9.17, 15) is 9.59 Å². The van der Waals surface area contributed by atoms with Crippen molar-refractivity contribution in [2.24, 2.45) is 0 Å². The maximum atomic E-state index is 12.7. The number of carbonyl (C=O) groups excluding carboxylic acids is 2. The molecule has 0 saturated carbocycles. The molecule has 0 aliphatic heterocycles. The predicted octanol–water partition coefficient (Wildman–Crippen LogP) is 8.09. The number of ether oxygens (including phenoxy) is 3. The van der Waals surface area contributed by atoms with Gasteiger partial charge in [-0.3, -0.25) is 4.79 Å². The zero-order valence-electron chi connectivity index (χ0n) is 22.5. The fourth-order valence-electron chi connectivity index (χ4n) is 4.00. The van der Waals surface area contributed by atoms with E-state index in [-0.39, 0.29) is 5.78 Å². The van der Waals surface area contributed by atoms with Gasteiger partial charge in [0.25, 0.3) is 0 Å². The van der Waals surface area contributed by atoms with Gasteiger partial charge in [-0.15, -0.1) is 0 Å². The smallest absolute Gasteiger partial charge is 0.338 e. The zero-order valence-corrected chi connectivity index (χ0v) is 22.5. The third kappa shape index (κ3) is 8.91. The summed E-state index contributed by atoms with van der Waals surface area (Å²) in [6.45, 7) is 8.53. The second-order valence-corrected chi connectivity index (χ2v) is 9.25. The van der Waals surface area contributed by atoms with Crippen LogP contribution >= 0.6 is 0 Å². The van der Waals surface area contributed by atoms with Gasteiger partial charge in [0.1, 0.15) is 18.1 Å². The van der Waals surface area contributed by atoms with Crippen LogP contribution < -0.4 is 9.47 Å². The number of hydrogen-bond acceptors (Lipinski definition) is 5. The van der Waals surface area contributed by atoms with E-state index in [4.69, 9.17) is 14.2 Å². The Morgan fingerprint density at radius 3 is 1.89 bits per heavy atom. The van der Waals surface area contributed by atoms with Gasteiger partial charge < -0.3 is 14.2 Å². The lowest BCUT2D eigenvalue weighted by Gasteiger charge is -2.13. The molecule has 3 aromatic rings. The lowest BCUT2D eigenvalue weighted by molar-refractivity contribution is 0.0319. The highest BCUT2D eigenvalue weighted by molar-refractivity contribution is 6.01. The summed E-state index contributed by atoms with van der Waals surface area (Å²) in [6.07, 6.45) is 8.17. The zero-order chi connectivity index (χ0) is 27.2. The molecular weight excluding hydrogens is 476 g/mol. The summed E-state index contributed by atoms with van der Waals surface area (Å²) in [7, 11) is 0. The van der Waals surface area contributed by atoms with Crippen molar-refractivity contribution in [3.63, 3.8) is 0 Å². The summed E-state index contributed by atoms with van der Waals surface area (Å²) >= 11 is 0. The van der Waals surface area contributed by atoms with Crippen molar-refractivity contribution in [2.45, 2.75) is 58.5 Å². The molecule has 5 nitrogen and oxygen atoms in total. The van der Waals surface area contributed by atoms with Crippen molar-refractivity contribution >= 4 is 11.8 Å². The second-order valence-electron chi connectivity index (χ2n) is 9.25. The van der Waals surface area contributed by atoms with Crippen LogP contribution in [-0.2, 0) is 4.74 Å². The van der Waals surface area contributed by atoms with E-state index in [1.807, 2.05) is 36.4 Å². The molecule has 0 N–H and O–H groups in total.